The number of aliphatic carboxylic acids is 2. The summed E-state index contributed by atoms with van der Waals surface area (Å²) in [6.07, 6.45) is 15.3. The third-order valence-corrected chi connectivity index (χ3v) is 5.48. The van der Waals surface area contributed by atoms with Gasteiger partial charge in [-0.25, -0.2) is 9.15 Å². The maximum Gasteiger partial charge on any atom is 0.164 e. The van der Waals surface area contributed by atoms with Gasteiger partial charge in [0, 0.05) is 37.6 Å². The second kappa shape index (κ2) is 9.11. The second-order valence-electron chi connectivity index (χ2n) is 7.45. The Morgan fingerprint density at radius 3 is 1.52 bits per heavy atom. The summed E-state index contributed by atoms with van der Waals surface area (Å²) in [6.45, 7) is 4.61. The van der Waals surface area contributed by atoms with E-state index < -0.39 is 11.9 Å². The monoisotopic (exact) mass is 350 g/mol. The van der Waals surface area contributed by atoms with Crippen molar-refractivity contribution in [1.82, 2.24) is 0 Å². The van der Waals surface area contributed by atoms with Crippen LogP contribution in [0.25, 0.3) is 0 Å². The topological polar surface area (TPSA) is 86.3 Å². The first-order valence-corrected chi connectivity index (χ1v) is 9.45. The highest BCUT2D eigenvalue weighted by molar-refractivity contribution is 5.65. The molecule has 0 aromatic heterocycles. The van der Waals surface area contributed by atoms with Gasteiger partial charge >= 0.3 is 0 Å². The van der Waals surface area contributed by atoms with E-state index in [4.69, 9.17) is 19.8 Å². The van der Waals surface area contributed by atoms with Gasteiger partial charge in [0.25, 0.3) is 0 Å². The summed E-state index contributed by atoms with van der Waals surface area (Å²) in [5.74, 6) is -0.445. The van der Waals surface area contributed by atoms with Crippen molar-refractivity contribution < 1.29 is 29.0 Å². The van der Waals surface area contributed by atoms with Crippen LogP contribution in [0.3, 0.4) is 0 Å². The van der Waals surface area contributed by atoms with Crippen molar-refractivity contribution in [2.45, 2.75) is 70.9 Å². The van der Waals surface area contributed by atoms with Crippen LogP contribution in [0.1, 0.15) is 58.8 Å². The predicted molar refractivity (Wildman–Crippen MR) is 90.6 cm³/mol. The Morgan fingerprint density at radius 1 is 0.800 bits per heavy atom. The van der Waals surface area contributed by atoms with Crippen molar-refractivity contribution in [1.29, 1.82) is 0 Å². The summed E-state index contributed by atoms with van der Waals surface area (Å²) in [5, 5.41) is 17.8. The van der Waals surface area contributed by atoms with Crippen molar-refractivity contribution in [3.8, 4) is 0 Å². The highest BCUT2D eigenvalue weighted by atomic mass is 16.4. The number of hydrogen-bond donors (Lipinski definition) is 0. The smallest absolute Gasteiger partial charge is 0.164 e. The zero-order valence-corrected chi connectivity index (χ0v) is 15.4. The minimum absolute atomic E-state index is 0.850. The summed E-state index contributed by atoms with van der Waals surface area (Å²) < 4.78 is 5.43. The Balaban J connectivity index is 0.000000241. The summed E-state index contributed by atoms with van der Waals surface area (Å²) in [6, 6.07) is 1.70. The predicted octanol–water partition coefficient (Wildman–Crippen LogP) is -0.580. The van der Waals surface area contributed by atoms with Gasteiger partial charge in [0.1, 0.15) is 25.5 Å². The zero-order chi connectivity index (χ0) is 18.4. The highest BCUT2D eigenvalue weighted by Gasteiger charge is 2.49. The number of rotatable bonds is 0. The lowest BCUT2D eigenvalue weighted by molar-refractivity contribution is -0.618. The zero-order valence-electron chi connectivity index (χ0n) is 15.4. The Kier molecular flexibility index (Phi) is 7.14. The molecule has 0 saturated carbocycles. The second-order valence-corrected chi connectivity index (χ2v) is 7.45. The number of carboxylic acids is 2. The molecule has 0 aromatic carbocycles. The molecule has 0 radical (unpaired) electrons. The van der Waals surface area contributed by atoms with Crippen LogP contribution < -0.4 is 10.2 Å². The molecule has 4 heterocycles. The minimum atomic E-state index is -1.08. The van der Waals surface area contributed by atoms with Crippen molar-refractivity contribution in [3.05, 3.63) is 0 Å². The molecular weight excluding hydrogens is 320 g/mol. The van der Waals surface area contributed by atoms with E-state index in [1.165, 1.54) is 58.0 Å². The Labute approximate surface area is 149 Å². The van der Waals surface area contributed by atoms with E-state index in [1.54, 1.807) is 0 Å². The molecule has 0 amide bonds. The van der Waals surface area contributed by atoms with E-state index in [0.717, 1.165) is 37.8 Å². The molecule has 6 nitrogen and oxygen atoms in total. The van der Waals surface area contributed by atoms with Crippen LogP contribution in [0.5, 0.6) is 0 Å². The molecule has 4 rings (SSSR count). The Bertz CT molecular complexity index is 500. The van der Waals surface area contributed by atoms with Gasteiger partial charge in [-0.15, -0.1) is 0 Å². The Morgan fingerprint density at radius 2 is 1.16 bits per heavy atom. The standard InChI is InChI=1S/C15H24N2.2C2H4O2/c1-3-7-16-11-13-9-12(14(16)5-1)10-17-8-4-2-6-15(13)17;2*1-2(3)4/h10-15H,1-9H2;2*1H3,(H,3,4)/q+2;;/p-2/t12-,13-,14-,15+;;/m0../s1. The third kappa shape index (κ3) is 5.65. The SMILES string of the molecule is C1=[N+]2CCCC[C@@H]2[C@@H]2C=[N+]3CCCC[C@H]3[C@H]1C2.CC(=O)[O-].CC(=O)[O-]. The van der Waals surface area contributed by atoms with Crippen LogP contribution in [0.4, 0.5) is 0 Å². The maximum atomic E-state index is 8.89. The van der Waals surface area contributed by atoms with Crippen LogP contribution in [0.2, 0.25) is 0 Å². The molecular formula is C19H30N2O4. The van der Waals surface area contributed by atoms with E-state index in [1.807, 2.05) is 0 Å². The summed E-state index contributed by atoms with van der Waals surface area (Å²) in [7, 11) is 0. The van der Waals surface area contributed by atoms with Gasteiger partial charge in [-0.2, -0.15) is 0 Å². The fraction of sp³-hybridized carbons (Fsp3) is 0.789. The van der Waals surface area contributed by atoms with Gasteiger partial charge in [-0.05, 0) is 33.1 Å². The van der Waals surface area contributed by atoms with Crippen LogP contribution in [-0.2, 0) is 9.59 Å². The molecule has 4 aliphatic heterocycles. The Hall–Kier alpha value is -1.72. The molecule has 2 fully saturated rings. The average Bonchev–Trinajstić information content (AvgIpc) is 2.54. The van der Waals surface area contributed by atoms with E-state index in [0.29, 0.717) is 0 Å². The number of fused-ring (bicyclic) bond motifs is 6. The minimum Gasteiger partial charge on any atom is -0.550 e. The van der Waals surface area contributed by atoms with Gasteiger partial charge < -0.3 is 19.8 Å². The number of hydrogen-bond acceptors (Lipinski definition) is 4. The van der Waals surface area contributed by atoms with Crippen molar-refractivity contribution in [2.75, 3.05) is 13.1 Å². The summed E-state index contributed by atoms with van der Waals surface area (Å²) >= 11 is 0. The number of carbonyl (C=O) groups is 2. The highest BCUT2D eigenvalue weighted by Crippen LogP contribution is 2.35. The molecule has 0 unspecified atom stereocenters. The normalized spacial score (nSPS) is 32.1. The number of nitrogens with zero attached hydrogens (tertiary/aromatic N) is 2. The largest absolute Gasteiger partial charge is 0.550 e. The van der Waals surface area contributed by atoms with Crippen LogP contribution >= 0.6 is 0 Å². The summed E-state index contributed by atoms with van der Waals surface area (Å²) in [4.78, 5) is 17.8. The molecule has 4 aliphatic rings. The van der Waals surface area contributed by atoms with E-state index in [9.17, 15) is 0 Å². The van der Waals surface area contributed by atoms with E-state index >= 15 is 0 Å². The van der Waals surface area contributed by atoms with Crippen molar-refractivity contribution >= 4 is 24.4 Å². The maximum absolute atomic E-state index is 8.89. The summed E-state index contributed by atoms with van der Waals surface area (Å²) in [5.41, 5.74) is 0. The average molecular weight is 350 g/mol. The third-order valence-electron chi connectivity index (χ3n) is 5.48. The molecule has 4 atom stereocenters. The fourth-order valence-electron chi connectivity index (χ4n) is 4.69. The van der Waals surface area contributed by atoms with Crippen molar-refractivity contribution in [3.63, 3.8) is 0 Å². The number of piperidine rings is 2. The van der Waals surface area contributed by atoms with Crippen LogP contribution in [0.15, 0.2) is 0 Å². The molecule has 25 heavy (non-hydrogen) atoms. The first kappa shape index (κ1) is 19.6. The quantitative estimate of drug-likeness (QED) is 0.547. The molecule has 0 spiro atoms. The van der Waals surface area contributed by atoms with Gasteiger partial charge in [-0.1, -0.05) is 0 Å². The first-order valence-electron chi connectivity index (χ1n) is 9.45. The fourth-order valence-corrected chi connectivity index (χ4v) is 4.69. The molecule has 6 heteroatoms. The molecule has 2 saturated heterocycles. The van der Waals surface area contributed by atoms with E-state index in [-0.39, 0.29) is 0 Å². The van der Waals surface area contributed by atoms with Crippen LogP contribution in [0, 0.1) is 11.8 Å². The number of carboxylic acid groups (broad SMARTS) is 2. The van der Waals surface area contributed by atoms with Gasteiger partial charge in [0.2, 0.25) is 0 Å². The van der Waals surface area contributed by atoms with Crippen LogP contribution in [-0.4, -0.2) is 58.7 Å². The first-order chi connectivity index (χ1) is 11.9. The molecule has 0 aliphatic carbocycles. The van der Waals surface area contributed by atoms with Gasteiger partial charge in [0.15, 0.2) is 12.1 Å². The number of carbonyl (C=O) groups excluding carboxylic acids is 2. The van der Waals surface area contributed by atoms with Gasteiger partial charge in [-0.3, -0.25) is 0 Å². The van der Waals surface area contributed by atoms with Crippen molar-refractivity contribution in [2.24, 2.45) is 11.8 Å². The lowest BCUT2D eigenvalue weighted by Crippen LogP contribution is -2.54. The van der Waals surface area contributed by atoms with E-state index in [2.05, 4.69) is 21.6 Å². The molecule has 140 valence electrons. The molecule has 0 aromatic rings. The lowest BCUT2D eigenvalue weighted by Gasteiger charge is -2.38. The van der Waals surface area contributed by atoms with Gasteiger partial charge in [0.05, 0.1) is 11.8 Å². The lowest BCUT2D eigenvalue weighted by atomic mass is 9.75. The molecule has 0 N–H and O–H groups in total. The molecule has 2 bridgehead atoms.